The molecule has 8 N–H and O–H groups in total. The topological polar surface area (TPSA) is 258 Å². The van der Waals surface area contributed by atoms with Gasteiger partial charge in [-0.1, -0.05) is 19.6 Å². The quantitative estimate of drug-likeness (QED) is 0.0108. The third-order valence-corrected chi connectivity index (χ3v) is 13.7. The van der Waals surface area contributed by atoms with Crippen LogP contribution in [0.2, 0.25) is 24.9 Å². The number of nitro benzene ring substituents is 1. The second-order valence-electron chi connectivity index (χ2n) is 21.1. The normalized spacial score (nSPS) is 15.4. The number of hydrogen-bond donors (Lipinski definition) is 7. The molecule has 23 heteroatoms. The Bertz CT molecular complexity index is 3130. The van der Waals surface area contributed by atoms with Crippen LogP contribution < -0.4 is 36.8 Å². The van der Waals surface area contributed by atoms with Gasteiger partial charge in [0.15, 0.2) is 0 Å². The van der Waals surface area contributed by atoms with Gasteiger partial charge in [0.25, 0.3) is 5.69 Å². The third-order valence-electron chi connectivity index (χ3n) is 13.3. The summed E-state index contributed by atoms with van der Waals surface area (Å²) in [4.78, 5) is 70.9. The number of aromatic nitrogens is 6. The maximum Gasteiger partial charge on any atom is 0.269 e. The zero-order valence-electron chi connectivity index (χ0n) is 45.5. The van der Waals surface area contributed by atoms with Gasteiger partial charge in [0.2, 0.25) is 28.3 Å². The lowest BCUT2D eigenvalue weighted by Crippen LogP contribution is -2.27. The van der Waals surface area contributed by atoms with Crippen molar-refractivity contribution >= 4 is 132 Å². The van der Waals surface area contributed by atoms with E-state index >= 15 is 0 Å². The maximum absolute atomic E-state index is 12.2. The van der Waals surface area contributed by atoms with E-state index in [4.69, 9.17) is 40.0 Å². The molecule has 3 aromatic carbocycles. The number of halogens is 3. The lowest BCUT2D eigenvalue weighted by atomic mass is 9.93. The molecule has 0 saturated heterocycles. The maximum atomic E-state index is 12.2. The van der Waals surface area contributed by atoms with Crippen LogP contribution in [-0.4, -0.2) is 92.5 Å². The van der Waals surface area contributed by atoms with E-state index in [1.807, 2.05) is 87.2 Å². The van der Waals surface area contributed by atoms with Gasteiger partial charge in [0.1, 0.15) is 30.3 Å². The predicted octanol–water partition coefficient (Wildman–Crippen LogP) is 13.1. The molecule has 2 amide bonds. The van der Waals surface area contributed by atoms with E-state index in [1.54, 1.807) is 29.0 Å². The van der Waals surface area contributed by atoms with E-state index in [-0.39, 0.29) is 45.8 Å². The molecule has 0 atom stereocenters. The van der Waals surface area contributed by atoms with Crippen LogP contribution in [0.1, 0.15) is 77.0 Å². The molecule has 0 radical (unpaired) electrons. The van der Waals surface area contributed by atoms with Crippen LogP contribution in [0.4, 0.5) is 51.7 Å². The number of aromatic amines is 2. The van der Waals surface area contributed by atoms with E-state index < -0.39 is 12.3 Å². The molecule has 5 saturated carbocycles. The number of hydrogen-bond acceptors (Lipinski definition) is 14. The summed E-state index contributed by atoms with van der Waals surface area (Å²) in [7, 11) is 4.27. The van der Waals surface area contributed by atoms with Crippen LogP contribution >= 0.6 is 34.3 Å². The Morgan fingerprint density at radius 1 is 0.646 bits per heavy atom. The molecular formula is C56H71Cl3N14O5Si. The van der Waals surface area contributed by atoms with Crippen LogP contribution in [0.25, 0.3) is 22.1 Å². The van der Waals surface area contributed by atoms with Crippen LogP contribution in [0.15, 0.2) is 97.3 Å². The summed E-state index contributed by atoms with van der Waals surface area (Å²) in [6.45, 7) is 6.28. The number of nitrogens with one attached hydrogen (secondary N) is 6. The summed E-state index contributed by atoms with van der Waals surface area (Å²) in [5.74, 6) is 3.38. The Kier molecular flexibility index (Phi) is 20.9. The lowest BCUT2D eigenvalue weighted by molar-refractivity contribution is -0.384. The predicted molar refractivity (Wildman–Crippen MR) is 324 cm³/mol. The molecule has 19 nitrogen and oxygen atoms in total. The van der Waals surface area contributed by atoms with Crippen molar-refractivity contribution in [2.45, 2.75) is 109 Å². The highest BCUT2D eigenvalue weighted by atomic mass is 35.6. The molecule has 0 spiro atoms. The van der Waals surface area contributed by atoms with Gasteiger partial charge in [0.05, 0.1) is 15.7 Å². The summed E-state index contributed by atoms with van der Waals surface area (Å²) in [5, 5.41) is 25.4. The molecule has 0 bridgehead atoms. The van der Waals surface area contributed by atoms with E-state index in [0.29, 0.717) is 18.0 Å². The van der Waals surface area contributed by atoms with Crippen LogP contribution in [0.3, 0.4) is 0 Å². The van der Waals surface area contributed by atoms with Crippen molar-refractivity contribution in [3.05, 3.63) is 113 Å². The molecule has 4 heterocycles. The van der Waals surface area contributed by atoms with Gasteiger partial charge >= 0.3 is 0 Å². The summed E-state index contributed by atoms with van der Waals surface area (Å²) in [6.07, 6.45) is 17.2. The molecule has 5 aliphatic rings. The number of non-ortho nitro benzene ring substituents is 1. The average Bonchev–Trinajstić information content (AvgIpc) is 4.34. The van der Waals surface area contributed by atoms with Crippen LogP contribution in [-0.2, 0) is 14.4 Å². The van der Waals surface area contributed by atoms with Crippen molar-refractivity contribution in [2.75, 3.05) is 57.9 Å². The first kappa shape index (κ1) is 59.7. The van der Waals surface area contributed by atoms with Gasteiger partial charge in [-0.2, -0.15) is 26.0 Å². The first-order valence-corrected chi connectivity index (χ1v) is 32.0. The number of carbonyl (C=O) groups excluding carboxylic acids is 3. The van der Waals surface area contributed by atoms with Gasteiger partial charge in [-0.3, -0.25) is 24.5 Å². The van der Waals surface area contributed by atoms with Crippen LogP contribution in [0.5, 0.6) is 0 Å². The number of amides is 2. The van der Waals surface area contributed by atoms with Crippen molar-refractivity contribution in [3.8, 4) is 0 Å². The molecule has 0 unspecified atom stereocenters. The largest absolute Gasteiger partial charge is 0.399 e. The lowest BCUT2D eigenvalue weighted by Gasteiger charge is -2.27. The fourth-order valence-electron chi connectivity index (χ4n) is 7.74. The van der Waals surface area contributed by atoms with Crippen molar-refractivity contribution < 1.29 is 19.3 Å². The zero-order chi connectivity index (χ0) is 56.8. The highest BCUT2D eigenvalue weighted by molar-refractivity contribution is 7.18. The number of H-pyrrole nitrogens is 2. The van der Waals surface area contributed by atoms with Crippen molar-refractivity contribution in [2.24, 2.45) is 17.8 Å². The smallest absolute Gasteiger partial charge is 0.269 e. The minimum Gasteiger partial charge on any atom is -0.399 e. The van der Waals surface area contributed by atoms with Gasteiger partial charge in [-0.25, -0.2) is 4.98 Å². The highest BCUT2D eigenvalue weighted by Crippen LogP contribution is 2.35. The zero-order valence-corrected chi connectivity index (χ0v) is 48.8. The Labute approximate surface area is 476 Å². The number of nitrogen functional groups attached to an aromatic ring is 1. The second kappa shape index (κ2) is 27.7. The fraction of sp³-hybridized carbons (Fsp3) is 0.411. The number of rotatable bonds is 13. The first-order valence-electron chi connectivity index (χ1n) is 26.7. The number of carbonyl (C=O) groups is 3. The van der Waals surface area contributed by atoms with Gasteiger partial charge in [0, 0.05) is 104 Å². The molecule has 420 valence electrons. The Balaban J connectivity index is 0.000000151. The second-order valence-corrected chi connectivity index (χ2v) is 29.3. The SMILES string of the molecule is CN(C(=O)C1CC1)c1ccc(N)cc1.CN(C(=O)C1CC1)c1ccc(Nc2nc(NC3CCC3)c3cc[nH]c3n2)cc1.CNc1ccc([N+](=O)[O-])cc1.C[Si](C)(C)Cl.Clc1nc(NC2CCC2)c2cc[nH]c2n1.O=C(Cl)C1CC1. The number of nitrogens with two attached hydrogens (primary N) is 1. The number of fused-ring (bicyclic) bond motifs is 2. The number of nitro groups is 1. The molecule has 5 aliphatic carbocycles. The minimum absolute atomic E-state index is 0.115. The summed E-state index contributed by atoms with van der Waals surface area (Å²) in [6, 6.07) is 26.4. The number of benzene rings is 3. The standard InChI is InChI=1S/C21H24N6O.C11H14N2O.C10H11ClN4.C7H8N2O2.C4H5ClO.C3H9ClSi/c1-27(20(28)13-5-6-13)16-9-7-15(8-10-16)24-21-25-18-17(11-12-22-18)19(26-21)23-14-3-2-4-14;1-13(11(14)8-2-3-8)10-6-4-9(12)5-7-10;11-10-14-8-7(4-5-12-8)9(15-10)13-6-2-1-3-6;1-8-6-2-4-7(5-3-6)9(10)11;5-4(6)3-1-2-3;1-5(2,3)4/h7-14H,2-6H2,1H3,(H3,22,23,24,25,26);4-8H,2-3,12H2,1H3;4-6H,1-3H2,(H2,12,13,14,15);2-5,8H,1H3;3H,1-2H2;1-3H3. The fourth-order valence-corrected chi connectivity index (χ4v) is 8.13. The molecule has 4 aromatic heterocycles. The number of anilines is 8. The summed E-state index contributed by atoms with van der Waals surface area (Å²) < 4.78 is 0. The first-order chi connectivity index (χ1) is 37.7. The molecule has 79 heavy (non-hydrogen) atoms. The molecule has 12 rings (SSSR count). The Hall–Kier alpha value is -7.00. The summed E-state index contributed by atoms with van der Waals surface area (Å²) in [5.41, 5.74) is 11.6. The monoisotopic (exact) mass is 1150 g/mol. The van der Waals surface area contributed by atoms with Crippen LogP contribution in [0, 0.1) is 27.9 Å². The Morgan fingerprint density at radius 2 is 1.08 bits per heavy atom. The minimum atomic E-state index is -1.14. The van der Waals surface area contributed by atoms with E-state index in [0.717, 1.165) is 101 Å². The van der Waals surface area contributed by atoms with Crippen molar-refractivity contribution in [1.82, 2.24) is 29.9 Å². The molecular weight excluding hydrogens is 1080 g/mol. The van der Waals surface area contributed by atoms with E-state index in [9.17, 15) is 24.5 Å². The summed E-state index contributed by atoms with van der Waals surface area (Å²) >= 11 is 16.5. The van der Waals surface area contributed by atoms with E-state index in [2.05, 4.69) is 70.8 Å². The average molecular weight is 1150 g/mol. The highest BCUT2D eigenvalue weighted by Gasteiger charge is 2.33. The van der Waals surface area contributed by atoms with Crippen molar-refractivity contribution in [3.63, 3.8) is 0 Å². The van der Waals surface area contributed by atoms with Crippen molar-refractivity contribution in [1.29, 1.82) is 0 Å². The van der Waals surface area contributed by atoms with Gasteiger partial charge < -0.3 is 46.8 Å². The number of nitrogens with zero attached hydrogens (tertiary/aromatic N) is 7. The molecule has 5 fully saturated rings. The van der Waals surface area contributed by atoms with E-state index in [1.165, 1.54) is 50.7 Å². The van der Waals surface area contributed by atoms with Gasteiger partial charge in [-0.05, 0) is 173 Å². The molecule has 7 aromatic rings. The molecule has 0 aliphatic heterocycles. The van der Waals surface area contributed by atoms with Gasteiger partial charge in [-0.15, -0.1) is 0 Å². The Morgan fingerprint density at radius 3 is 1.47 bits per heavy atom. The third kappa shape index (κ3) is 18.8.